The van der Waals surface area contributed by atoms with Crippen molar-refractivity contribution in [1.29, 1.82) is 0 Å². The summed E-state index contributed by atoms with van der Waals surface area (Å²) < 4.78 is 4.46. The minimum atomic E-state index is -0.211. The van der Waals surface area contributed by atoms with Crippen LogP contribution in [0.2, 0.25) is 0 Å². The molecule has 0 saturated carbocycles. The van der Waals surface area contributed by atoms with E-state index in [0.717, 1.165) is 6.54 Å². The lowest BCUT2D eigenvalue weighted by Gasteiger charge is -2.07. The number of rotatable bonds is 3. The van der Waals surface area contributed by atoms with Gasteiger partial charge in [-0.3, -0.25) is 4.79 Å². The van der Waals surface area contributed by atoms with Gasteiger partial charge in [-0.25, -0.2) is 0 Å². The first-order valence-electron chi connectivity index (χ1n) is 3.03. The summed E-state index contributed by atoms with van der Waals surface area (Å²) in [5.41, 5.74) is 0. The van der Waals surface area contributed by atoms with Gasteiger partial charge in [0.2, 0.25) is 0 Å². The summed E-state index contributed by atoms with van der Waals surface area (Å²) >= 11 is 0. The number of methoxy groups -OCH3 is 1. The Kier molecular flexibility index (Phi) is 4.05. The van der Waals surface area contributed by atoms with E-state index in [1.54, 1.807) is 6.92 Å². The summed E-state index contributed by atoms with van der Waals surface area (Å²) in [6.07, 6.45) is 0. The molecule has 0 spiro atoms. The fourth-order valence-electron chi connectivity index (χ4n) is 0.566. The molecule has 0 aromatic carbocycles. The van der Waals surface area contributed by atoms with Crippen LogP contribution in [0.1, 0.15) is 13.8 Å². The summed E-state index contributed by atoms with van der Waals surface area (Å²) in [4.78, 5) is 10.6. The Labute approximate surface area is 55.4 Å². The molecule has 1 atom stereocenters. The topological polar surface area (TPSA) is 38.3 Å². The van der Waals surface area contributed by atoms with Crippen LogP contribution in [0, 0.1) is 0 Å². The number of hydrogen-bond donors (Lipinski definition) is 1. The Morgan fingerprint density at radius 2 is 2.33 bits per heavy atom. The molecule has 0 amide bonds. The Balaban J connectivity index is 3.45. The second-order valence-electron chi connectivity index (χ2n) is 1.80. The van der Waals surface area contributed by atoms with Gasteiger partial charge in [0.1, 0.15) is 6.04 Å². The van der Waals surface area contributed by atoms with Crippen molar-refractivity contribution in [1.82, 2.24) is 5.32 Å². The van der Waals surface area contributed by atoms with Crippen LogP contribution in [0.4, 0.5) is 0 Å². The zero-order valence-corrected chi connectivity index (χ0v) is 6.10. The Morgan fingerprint density at radius 1 is 1.78 bits per heavy atom. The molecular formula is C6H13NO2. The lowest BCUT2D eigenvalue weighted by Crippen LogP contribution is -2.34. The van der Waals surface area contributed by atoms with Crippen LogP contribution in [0.5, 0.6) is 0 Å². The van der Waals surface area contributed by atoms with Crippen molar-refractivity contribution in [3.8, 4) is 0 Å². The van der Waals surface area contributed by atoms with Gasteiger partial charge in [0, 0.05) is 0 Å². The van der Waals surface area contributed by atoms with Crippen molar-refractivity contribution in [3.05, 3.63) is 0 Å². The van der Waals surface area contributed by atoms with Crippen molar-refractivity contribution < 1.29 is 9.53 Å². The lowest BCUT2D eigenvalue weighted by molar-refractivity contribution is -0.142. The van der Waals surface area contributed by atoms with Crippen LogP contribution >= 0.6 is 0 Å². The molecule has 0 saturated heterocycles. The third-order valence-corrected chi connectivity index (χ3v) is 1.07. The second kappa shape index (κ2) is 4.32. The molecule has 1 unspecified atom stereocenters. The average Bonchev–Trinajstić information content (AvgIpc) is 1.87. The van der Waals surface area contributed by atoms with Crippen molar-refractivity contribution in [2.45, 2.75) is 19.9 Å². The van der Waals surface area contributed by atoms with Gasteiger partial charge in [-0.05, 0) is 13.5 Å². The normalized spacial score (nSPS) is 12.8. The van der Waals surface area contributed by atoms with Crippen LogP contribution in [0.25, 0.3) is 0 Å². The summed E-state index contributed by atoms with van der Waals surface area (Å²) in [5.74, 6) is -0.211. The third-order valence-electron chi connectivity index (χ3n) is 1.07. The predicted octanol–water partition coefficient (Wildman–Crippen LogP) is 0.157. The van der Waals surface area contributed by atoms with E-state index in [0.29, 0.717) is 0 Å². The Bertz CT molecular complexity index is 93.1. The lowest BCUT2D eigenvalue weighted by atomic mass is 10.3. The van der Waals surface area contributed by atoms with Crippen LogP contribution in [-0.2, 0) is 9.53 Å². The van der Waals surface area contributed by atoms with Gasteiger partial charge in [-0.1, -0.05) is 6.92 Å². The molecule has 0 aromatic heterocycles. The van der Waals surface area contributed by atoms with E-state index in [9.17, 15) is 4.79 Å². The molecule has 54 valence electrons. The maximum Gasteiger partial charge on any atom is 0.322 e. The highest BCUT2D eigenvalue weighted by Gasteiger charge is 2.09. The summed E-state index contributed by atoms with van der Waals surface area (Å²) in [6, 6.07) is -0.181. The second-order valence-corrected chi connectivity index (χ2v) is 1.80. The first-order chi connectivity index (χ1) is 4.22. The number of hydrogen-bond acceptors (Lipinski definition) is 3. The molecule has 3 nitrogen and oxygen atoms in total. The van der Waals surface area contributed by atoms with Crippen molar-refractivity contribution >= 4 is 5.97 Å². The SMILES string of the molecule is CCNC(C)C(=O)OC. The van der Waals surface area contributed by atoms with Crippen LogP contribution in [-0.4, -0.2) is 25.7 Å². The van der Waals surface area contributed by atoms with Crippen molar-refractivity contribution in [2.24, 2.45) is 0 Å². The third kappa shape index (κ3) is 3.08. The highest BCUT2D eigenvalue weighted by atomic mass is 16.5. The first-order valence-corrected chi connectivity index (χ1v) is 3.03. The predicted molar refractivity (Wildman–Crippen MR) is 35.2 cm³/mol. The molecule has 0 fully saturated rings. The van der Waals surface area contributed by atoms with E-state index in [-0.39, 0.29) is 12.0 Å². The molecule has 0 aliphatic carbocycles. The number of carbonyl (C=O) groups excluding carboxylic acids is 1. The first kappa shape index (κ1) is 8.43. The fraction of sp³-hybridized carbons (Fsp3) is 0.833. The smallest absolute Gasteiger partial charge is 0.322 e. The molecule has 0 aliphatic heterocycles. The molecule has 3 heteroatoms. The van der Waals surface area contributed by atoms with Crippen molar-refractivity contribution in [2.75, 3.05) is 13.7 Å². The molecule has 0 aliphatic rings. The zero-order chi connectivity index (χ0) is 7.28. The molecule has 0 aromatic rings. The van der Waals surface area contributed by atoms with E-state index >= 15 is 0 Å². The number of esters is 1. The molecule has 0 rings (SSSR count). The Morgan fingerprint density at radius 3 is 2.67 bits per heavy atom. The van der Waals surface area contributed by atoms with Gasteiger partial charge >= 0.3 is 5.97 Å². The highest BCUT2D eigenvalue weighted by Crippen LogP contribution is 1.83. The van der Waals surface area contributed by atoms with Gasteiger partial charge in [-0.15, -0.1) is 0 Å². The van der Waals surface area contributed by atoms with Gasteiger partial charge in [-0.2, -0.15) is 0 Å². The van der Waals surface area contributed by atoms with Crippen LogP contribution in [0.3, 0.4) is 0 Å². The van der Waals surface area contributed by atoms with Crippen molar-refractivity contribution in [3.63, 3.8) is 0 Å². The van der Waals surface area contributed by atoms with Gasteiger partial charge in [0.05, 0.1) is 7.11 Å². The van der Waals surface area contributed by atoms with Crippen LogP contribution in [0.15, 0.2) is 0 Å². The zero-order valence-electron chi connectivity index (χ0n) is 6.10. The van der Waals surface area contributed by atoms with E-state index in [4.69, 9.17) is 0 Å². The Hall–Kier alpha value is -0.570. The van der Waals surface area contributed by atoms with E-state index in [2.05, 4.69) is 10.1 Å². The van der Waals surface area contributed by atoms with E-state index < -0.39 is 0 Å². The molecule has 9 heavy (non-hydrogen) atoms. The molecular weight excluding hydrogens is 118 g/mol. The molecule has 1 N–H and O–H groups in total. The standard InChI is InChI=1S/C6H13NO2/c1-4-7-5(2)6(8)9-3/h5,7H,4H2,1-3H3. The summed E-state index contributed by atoms with van der Waals surface area (Å²) in [6.45, 7) is 4.50. The quantitative estimate of drug-likeness (QED) is 0.554. The average molecular weight is 131 g/mol. The minimum Gasteiger partial charge on any atom is -0.468 e. The summed E-state index contributed by atoms with van der Waals surface area (Å²) in [7, 11) is 1.39. The maximum atomic E-state index is 10.6. The molecule has 0 heterocycles. The van der Waals surface area contributed by atoms with Gasteiger partial charge in [0.25, 0.3) is 0 Å². The number of ether oxygens (including phenoxy) is 1. The number of likely N-dealkylation sites (N-methyl/N-ethyl adjacent to an activating group) is 1. The van der Waals surface area contributed by atoms with Gasteiger partial charge < -0.3 is 10.1 Å². The highest BCUT2D eigenvalue weighted by molar-refractivity contribution is 5.74. The van der Waals surface area contributed by atoms with E-state index in [1.165, 1.54) is 7.11 Å². The number of carbonyl (C=O) groups is 1. The summed E-state index contributed by atoms with van der Waals surface area (Å²) in [5, 5.41) is 2.92. The maximum absolute atomic E-state index is 10.6. The molecule has 0 radical (unpaired) electrons. The fourth-order valence-corrected chi connectivity index (χ4v) is 0.566. The molecule has 0 bridgehead atoms. The van der Waals surface area contributed by atoms with Crippen LogP contribution < -0.4 is 5.32 Å². The monoisotopic (exact) mass is 131 g/mol. The largest absolute Gasteiger partial charge is 0.468 e. The number of nitrogens with one attached hydrogen (secondary N) is 1. The minimum absolute atomic E-state index is 0.181. The van der Waals surface area contributed by atoms with E-state index in [1.807, 2.05) is 6.92 Å². The van der Waals surface area contributed by atoms with Gasteiger partial charge in [0.15, 0.2) is 0 Å².